The number of halogens is 1. The van der Waals surface area contributed by atoms with E-state index in [4.69, 9.17) is 16.3 Å². The molecule has 0 unspecified atom stereocenters. The molecule has 1 aliphatic rings. The third kappa shape index (κ3) is 4.04. The van der Waals surface area contributed by atoms with E-state index in [-0.39, 0.29) is 28.8 Å². The van der Waals surface area contributed by atoms with Gasteiger partial charge in [0.2, 0.25) is 0 Å². The number of piperidine rings is 1. The molecule has 2 rings (SSSR count). The van der Waals surface area contributed by atoms with Crippen LogP contribution in [0, 0.1) is 0 Å². The molecule has 0 saturated carbocycles. The van der Waals surface area contributed by atoms with Crippen molar-refractivity contribution in [3.63, 3.8) is 0 Å². The van der Waals surface area contributed by atoms with Crippen molar-refractivity contribution in [2.24, 2.45) is 0 Å². The number of nitrogens with zero attached hydrogens (tertiary/aromatic N) is 3. The molecular formula is C13H17ClN4O3. The number of nitrogens with one attached hydrogen (secondary N) is 1. The predicted octanol–water partition coefficient (Wildman–Crippen LogP) is 1.48. The number of hydrogen-bond acceptors (Lipinski definition) is 5. The molecule has 21 heavy (non-hydrogen) atoms. The first kappa shape index (κ1) is 15.5. The van der Waals surface area contributed by atoms with Crippen molar-refractivity contribution in [1.82, 2.24) is 20.2 Å². The SMILES string of the molecule is CCOC(=O)N1CCC(NC(=O)c2ncncc2Cl)CC1. The predicted molar refractivity (Wildman–Crippen MR) is 76.1 cm³/mol. The van der Waals surface area contributed by atoms with Crippen molar-refractivity contribution >= 4 is 23.6 Å². The van der Waals surface area contributed by atoms with E-state index in [0.29, 0.717) is 32.5 Å². The first-order valence-electron chi connectivity index (χ1n) is 6.80. The second kappa shape index (κ2) is 7.21. The molecule has 2 amide bonds. The van der Waals surface area contributed by atoms with E-state index < -0.39 is 0 Å². The minimum atomic E-state index is -0.322. The second-order valence-electron chi connectivity index (χ2n) is 4.65. The summed E-state index contributed by atoms with van der Waals surface area (Å²) in [5.74, 6) is -0.322. The summed E-state index contributed by atoms with van der Waals surface area (Å²) in [4.78, 5) is 32.9. The molecular weight excluding hydrogens is 296 g/mol. The van der Waals surface area contributed by atoms with E-state index in [1.54, 1.807) is 11.8 Å². The van der Waals surface area contributed by atoms with Crippen LogP contribution in [0.2, 0.25) is 5.02 Å². The lowest BCUT2D eigenvalue weighted by atomic mass is 10.1. The smallest absolute Gasteiger partial charge is 0.409 e. The Bertz CT molecular complexity index is 518. The Labute approximate surface area is 127 Å². The van der Waals surface area contributed by atoms with Gasteiger partial charge in [-0.3, -0.25) is 4.79 Å². The lowest BCUT2D eigenvalue weighted by molar-refractivity contribution is 0.0856. The molecule has 114 valence electrons. The van der Waals surface area contributed by atoms with E-state index in [2.05, 4.69) is 15.3 Å². The molecule has 0 spiro atoms. The van der Waals surface area contributed by atoms with Gasteiger partial charge in [-0.2, -0.15) is 0 Å². The van der Waals surface area contributed by atoms with Crippen LogP contribution in [-0.2, 0) is 4.74 Å². The minimum Gasteiger partial charge on any atom is -0.450 e. The third-order valence-corrected chi connectivity index (χ3v) is 3.52. The summed E-state index contributed by atoms with van der Waals surface area (Å²) in [6.07, 6.45) is 3.71. The number of carbonyl (C=O) groups is 2. The van der Waals surface area contributed by atoms with Gasteiger partial charge in [-0.05, 0) is 19.8 Å². The van der Waals surface area contributed by atoms with Crippen molar-refractivity contribution < 1.29 is 14.3 Å². The third-order valence-electron chi connectivity index (χ3n) is 3.24. The van der Waals surface area contributed by atoms with Crippen LogP contribution in [0.5, 0.6) is 0 Å². The quantitative estimate of drug-likeness (QED) is 0.914. The molecule has 7 nitrogen and oxygen atoms in total. The van der Waals surface area contributed by atoms with Gasteiger partial charge in [0.15, 0.2) is 0 Å². The highest BCUT2D eigenvalue weighted by Crippen LogP contribution is 2.14. The maximum Gasteiger partial charge on any atom is 0.409 e. The van der Waals surface area contributed by atoms with E-state index in [9.17, 15) is 9.59 Å². The fourth-order valence-corrected chi connectivity index (χ4v) is 2.35. The van der Waals surface area contributed by atoms with Crippen molar-refractivity contribution in [3.05, 3.63) is 23.2 Å². The topological polar surface area (TPSA) is 84.4 Å². The van der Waals surface area contributed by atoms with Gasteiger partial charge in [0, 0.05) is 25.3 Å². The van der Waals surface area contributed by atoms with Crippen LogP contribution >= 0.6 is 11.6 Å². The number of aromatic nitrogens is 2. The highest BCUT2D eigenvalue weighted by atomic mass is 35.5. The highest BCUT2D eigenvalue weighted by Gasteiger charge is 2.25. The Morgan fingerprint density at radius 1 is 1.48 bits per heavy atom. The molecule has 1 aliphatic heterocycles. The van der Waals surface area contributed by atoms with Crippen molar-refractivity contribution in [2.75, 3.05) is 19.7 Å². The molecule has 8 heteroatoms. The molecule has 1 N–H and O–H groups in total. The first-order chi connectivity index (χ1) is 10.1. The summed E-state index contributed by atoms with van der Waals surface area (Å²) in [7, 11) is 0. The fourth-order valence-electron chi connectivity index (χ4n) is 2.15. The van der Waals surface area contributed by atoms with Gasteiger partial charge in [0.05, 0.1) is 11.6 Å². The lowest BCUT2D eigenvalue weighted by Crippen LogP contribution is -2.46. The standard InChI is InChI=1S/C13H17ClN4O3/c1-2-21-13(20)18-5-3-9(4-6-18)17-12(19)11-10(14)7-15-8-16-11/h7-9H,2-6H2,1H3,(H,17,19). The Kier molecular flexibility index (Phi) is 5.32. The monoisotopic (exact) mass is 312 g/mol. The van der Waals surface area contributed by atoms with E-state index in [0.717, 1.165) is 0 Å². The average Bonchev–Trinajstić information content (AvgIpc) is 2.48. The maximum atomic E-state index is 12.1. The molecule has 0 radical (unpaired) electrons. The van der Waals surface area contributed by atoms with Gasteiger partial charge >= 0.3 is 6.09 Å². The number of hydrogen-bond donors (Lipinski definition) is 1. The Balaban J connectivity index is 1.85. The Morgan fingerprint density at radius 2 is 2.19 bits per heavy atom. The normalized spacial score (nSPS) is 15.6. The van der Waals surface area contributed by atoms with Crippen LogP contribution in [0.25, 0.3) is 0 Å². The van der Waals surface area contributed by atoms with Gasteiger partial charge < -0.3 is 15.0 Å². The van der Waals surface area contributed by atoms with Crippen LogP contribution in [-0.4, -0.2) is 52.6 Å². The van der Waals surface area contributed by atoms with E-state index in [1.807, 2.05) is 0 Å². The van der Waals surface area contributed by atoms with Crippen LogP contribution in [0.1, 0.15) is 30.3 Å². The number of amides is 2. The average molecular weight is 313 g/mol. The van der Waals surface area contributed by atoms with Crippen LogP contribution in [0.4, 0.5) is 4.79 Å². The molecule has 0 atom stereocenters. The lowest BCUT2D eigenvalue weighted by Gasteiger charge is -2.31. The zero-order chi connectivity index (χ0) is 15.2. The minimum absolute atomic E-state index is 0.00536. The van der Waals surface area contributed by atoms with Gasteiger partial charge in [0.1, 0.15) is 12.0 Å². The fraction of sp³-hybridized carbons (Fsp3) is 0.538. The largest absolute Gasteiger partial charge is 0.450 e. The summed E-state index contributed by atoms with van der Waals surface area (Å²) >= 11 is 5.88. The van der Waals surface area contributed by atoms with Crippen LogP contribution in [0.15, 0.2) is 12.5 Å². The summed E-state index contributed by atoms with van der Waals surface area (Å²) in [5, 5.41) is 3.10. The number of likely N-dealkylation sites (tertiary alicyclic amines) is 1. The maximum absolute atomic E-state index is 12.1. The zero-order valence-corrected chi connectivity index (χ0v) is 12.5. The number of ether oxygens (including phenoxy) is 1. The first-order valence-corrected chi connectivity index (χ1v) is 7.17. The van der Waals surface area contributed by atoms with Gasteiger partial charge in [-0.1, -0.05) is 11.6 Å². The molecule has 2 heterocycles. The molecule has 1 saturated heterocycles. The van der Waals surface area contributed by atoms with Crippen molar-refractivity contribution in [2.45, 2.75) is 25.8 Å². The molecule has 1 aromatic heterocycles. The van der Waals surface area contributed by atoms with E-state index in [1.165, 1.54) is 12.5 Å². The Hall–Kier alpha value is -1.89. The van der Waals surface area contributed by atoms with Gasteiger partial charge in [0.25, 0.3) is 5.91 Å². The van der Waals surface area contributed by atoms with Crippen LogP contribution < -0.4 is 5.32 Å². The molecule has 0 aromatic carbocycles. The molecule has 0 bridgehead atoms. The molecule has 1 aromatic rings. The molecule has 0 aliphatic carbocycles. The van der Waals surface area contributed by atoms with Gasteiger partial charge in [-0.25, -0.2) is 14.8 Å². The van der Waals surface area contributed by atoms with Crippen molar-refractivity contribution in [3.8, 4) is 0 Å². The summed E-state index contributed by atoms with van der Waals surface area (Å²) < 4.78 is 4.95. The Morgan fingerprint density at radius 3 is 2.81 bits per heavy atom. The second-order valence-corrected chi connectivity index (χ2v) is 5.06. The summed E-state index contributed by atoms with van der Waals surface area (Å²) in [6, 6.07) is -0.00536. The zero-order valence-electron chi connectivity index (χ0n) is 11.7. The number of carbonyl (C=O) groups excluding carboxylic acids is 2. The highest BCUT2D eigenvalue weighted by molar-refractivity contribution is 6.33. The summed E-state index contributed by atoms with van der Waals surface area (Å²) in [5.41, 5.74) is 0.166. The number of rotatable bonds is 3. The van der Waals surface area contributed by atoms with E-state index >= 15 is 0 Å². The van der Waals surface area contributed by atoms with Crippen molar-refractivity contribution in [1.29, 1.82) is 0 Å². The summed E-state index contributed by atoms with van der Waals surface area (Å²) in [6.45, 7) is 3.25. The van der Waals surface area contributed by atoms with Crippen LogP contribution in [0.3, 0.4) is 0 Å². The van der Waals surface area contributed by atoms with Gasteiger partial charge in [-0.15, -0.1) is 0 Å². The molecule has 1 fully saturated rings.